The minimum atomic E-state index is -1.17. The van der Waals surface area contributed by atoms with Crippen LogP contribution in [0.25, 0.3) is 6.08 Å². The zero-order valence-electron chi connectivity index (χ0n) is 7.11. The Morgan fingerprint density at radius 1 is 1.43 bits per heavy atom. The Hall–Kier alpha value is -1.97. The highest BCUT2D eigenvalue weighted by Crippen LogP contribution is 2.11. The molecule has 0 aliphatic heterocycles. The first-order chi connectivity index (χ1) is 6.63. The summed E-state index contributed by atoms with van der Waals surface area (Å²) >= 11 is 0. The van der Waals surface area contributed by atoms with Crippen LogP contribution in [-0.4, -0.2) is 17.4 Å². The lowest BCUT2D eigenvalue weighted by molar-refractivity contribution is -0.131. The fraction of sp³-hybridized carbons (Fsp3) is 0. The highest BCUT2D eigenvalue weighted by Gasteiger charge is 2.00. The Bertz CT molecular complexity index is 396. The van der Waals surface area contributed by atoms with Crippen LogP contribution in [-0.2, 0) is 4.79 Å². The first-order valence-corrected chi connectivity index (χ1v) is 3.79. The number of halogens is 1. The molecule has 0 fully saturated rings. The Kier molecular flexibility index (Phi) is 3.12. The number of aliphatic carboxylic acids is 1. The van der Waals surface area contributed by atoms with Crippen LogP contribution < -0.4 is 0 Å². The molecule has 0 heterocycles. The first kappa shape index (κ1) is 10.1. The predicted molar refractivity (Wildman–Crippen MR) is 48.5 cm³/mol. The molecule has 1 N–H and O–H groups in total. The van der Waals surface area contributed by atoms with Gasteiger partial charge in [-0.1, -0.05) is 0 Å². The van der Waals surface area contributed by atoms with Crippen molar-refractivity contribution in [2.45, 2.75) is 0 Å². The third kappa shape index (κ3) is 2.52. The van der Waals surface area contributed by atoms with Gasteiger partial charge in [0.2, 0.25) is 0 Å². The van der Waals surface area contributed by atoms with Crippen molar-refractivity contribution >= 4 is 18.3 Å². The van der Waals surface area contributed by atoms with Crippen LogP contribution >= 0.6 is 0 Å². The smallest absolute Gasteiger partial charge is 0.328 e. The van der Waals surface area contributed by atoms with Gasteiger partial charge in [-0.05, 0) is 24.3 Å². The van der Waals surface area contributed by atoms with Crippen molar-refractivity contribution in [3.63, 3.8) is 0 Å². The lowest BCUT2D eigenvalue weighted by atomic mass is 10.1. The van der Waals surface area contributed by atoms with Gasteiger partial charge in [0.05, 0.1) is 0 Å². The molecule has 0 bridgehead atoms. The van der Waals surface area contributed by atoms with Gasteiger partial charge < -0.3 is 5.11 Å². The van der Waals surface area contributed by atoms with Gasteiger partial charge in [0.25, 0.3) is 0 Å². The lowest BCUT2D eigenvalue weighted by Crippen LogP contribution is -1.89. The van der Waals surface area contributed by atoms with E-state index in [9.17, 15) is 14.0 Å². The average molecular weight is 194 g/mol. The summed E-state index contributed by atoms with van der Waals surface area (Å²) in [6, 6.07) is 3.72. The van der Waals surface area contributed by atoms with Crippen LogP contribution in [0.2, 0.25) is 0 Å². The molecule has 1 aromatic carbocycles. The summed E-state index contributed by atoms with van der Waals surface area (Å²) in [7, 11) is 0. The summed E-state index contributed by atoms with van der Waals surface area (Å²) in [6.45, 7) is 0. The number of carbonyl (C=O) groups excluding carboxylic acids is 1. The van der Waals surface area contributed by atoms with E-state index in [0.29, 0.717) is 11.8 Å². The number of rotatable bonds is 3. The van der Waals surface area contributed by atoms with Gasteiger partial charge in [0, 0.05) is 17.2 Å². The van der Waals surface area contributed by atoms with E-state index in [0.717, 1.165) is 18.2 Å². The zero-order valence-corrected chi connectivity index (χ0v) is 7.11. The van der Waals surface area contributed by atoms with E-state index in [4.69, 9.17) is 5.11 Å². The van der Waals surface area contributed by atoms with Crippen molar-refractivity contribution in [3.8, 4) is 0 Å². The van der Waals surface area contributed by atoms with Gasteiger partial charge in [0.15, 0.2) is 0 Å². The van der Waals surface area contributed by atoms with Gasteiger partial charge >= 0.3 is 5.97 Å². The van der Waals surface area contributed by atoms with Crippen molar-refractivity contribution in [2.75, 3.05) is 0 Å². The third-order valence-corrected chi connectivity index (χ3v) is 1.56. The molecule has 0 aliphatic rings. The second kappa shape index (κ2) is 4.32. The monoisotopic (exact) mass is 194 g/mol. The Balaban J connectivity index is 3.06. The molecule has 72 valence electrons. The molecule has 0 atom stereocenters. The first-order valence-electron chi connectivity index (χ1n) is 3.79. The molecule has 0 amide bonds. The molecule has 0 saturated heterocycles. The number of benzene rings is 1. The Morgan fingerprint density at radius 2 is 2.14 bits per heavy atom. The van der Waals surface area contributed by atoms with Crippen LogP contribution in [0.5, 0.6) is 0 Å². The zero-order chi connectivity index (χ0) is 10.6. The highest BCUT2D eigenvalue weighted by molar-refractivity contribution is 5.86. The summed E-state index contributed by atoms with van der Waals surface area (Å²) in [4.78, 5) is 20.5. The summed E-state index contributed by atoms with van der Waals surface area (Å²) in [6.07, 6.45) is 2.48. The maximum atomic E-state index is 13.0. The van der Waals surface area contributed by atoms with Crippen molar-refractivity contribution < 1.29 is 19.1 Å². The van der Waals surface area contributed by atoms with Crippen molar-refractivity contribution in [1.82, 2.24) is 0 Å². The van der Waals surface area contributed by atoms with Gasteiger partial charge in [-0.2, -0.15) is 0 Å². The topological polar surface area (TPSA) is 54.4 Å². The number of carboxylic acid groups (broad SMARTS) is 1. The summed E-state index contributed by atoms with van der Waals surface area (Å²) < 4.78 is 13.0. The van der Waals surface area contributed by atoms with Gasteiger partial charge in [-0.25, -0.2) is 9.18 Å². The van der Waals surface area contributed by atoms with Crippen LogP contribution in [0.4, 0.5) is 4.39 Å². The van der Waals surface area contributed by atoms with E-state index in [1.165, 1.54) is 12.1 Å². The van der Waals surface area contributed by atoms with E-state index >= 15 is 0 Å². The van der Waals surface area contributed by atoms with Crippen LogP contribution in [0.1, 0.15) is 15.9 Å². The van der Waals surface area contributed by atoms with E-state index < -0.39 is 11.8 Å². The van der Waals surface area contributed by atoms with E-state index in [1.54, 1.807) is 0 Å². The van der Waals surface area contributed by atoms with E-state index in [2.05, 4.69) is 0 Å². The van der Waals surface area contributed by atoms with Crippen molar-refractivity contribution in [1.29, 1.82) is 0 Å². The molecule has 0 saturated carbocycles. The fourth-order valence-corrected chi connectivity index (χ4v) is 0.924. The minimum Gasteiger partial charge on any atom is -0.478 e. The number of carbonyl (C=O) groups is 2. The SMILES string of the molecule is O=Cc1ccc(F)c(C=CC(=O)O)c1. The van der Waals surface area contributed by atoms with Crippen molar-refractivity contribution in [3.05, 3.63) is 41.2 Å². The van der Waals surface area contributed by atoms with Crippen LogP contribution in [0, 0.1) is 5.82 Å². The largest absolute Gasteiger partial charge is 0.478 e. The molecule has 0 unspecified atom stereocenters. The Labute approximate surface area is 79.5 Å². The van der Waals surface area contributed by atoms with Gasteiger partial charge in [-0.15, -0.1) is 0 Å². The quantitative estimate of drug-likeness (QED) is 0.589. The third-order valence-electron chi connectivity index (χ3n) is 1.56. The number of carboxylic acids is 1. The second-order valence-corrected chi connectivity index (χ2v) is 2.57. The molecular weight excluding hydrogens is 187 g/mol. The fourth-order valence-electron chi connectivity index (χ4n) is 0.924. The molecule has 0 aromatic heterocycles. The van der Waals surface area contributed by atoms with E-state index in [1.807, 2.05) is 0 Å². The molecule has 1 rings (SSSR count). The molecule has 4 heteroatoms. The molecule has 1 aromatic rings. The molecular formula is C10H7FO3. The molecule has 0 spiro atoms. The maximum Gasteiger partial charge on any atom is 0.328 e. The molecule has 14 heavy (non-hydrogen) atoms. The normalized spacial score (nSPS) is 10.4. The predicted octanol–water partition coefficient (Wildman–Crippen LogP) is 1.74. The van der Waals surface area contributed by atoms with Gasteiger partial charge in [0.1, 0.15) is 12.1 Å². The lowest BCUT2D eigenvalue weighted by Gasteiger charge is -1.96. The summed E-state index contributed by atoms with van der Waals surface area (Å²) in [5, 5.41) is 8.31. The Morgan fingerprint density at radius 3 is 2.71 bits per heavy atom. The minimum absolute atomic E-state index is 0.0806. The molecule has 3 nitrogen and oxygen atoms in total. The average Bonchev–Trinajstić information content (AvgIpc) is 2.16. The molecule has 0 aliphatic carbocycles. The standard InChI is InChI=1S/C10H7FO3/c11-9-3-1-7(6-12)5-8(9)2-4-10(13)14/h1-6H,(H,13,14). The van der Waals surface area contributed by atoms with Crippen molar-refractivity contribution in [2.24, 2.45) is 0 Å². The van der Waals surface area contributed by atoms with Gasteiger partial charge in [-0.3, -0.25) is 4.79 Å². The number of aldehydes is 1. The summed E-state index contributed by atoms with van der Waals surface area (Å²) in [5.41, 5.74) is 0.383. The second-order valence-electron chi connectivity index (χ2n) is 2.57. The number of hydrogen-bond donors (Lipinski definition) is 1. The maximum absolute atomic E-state index is 13.0. The summed E-state index contributed by atoms with van der Waals surface area (Å²) in [5.74, 6) is -1.73. The molecule has 0 radical (unpaired) electrons. The number of hydrogen-bond acceptors (Lipinski definition) is 2. The highest BCUT2D eigenvalue weighted by atomic mass is 19.1. The van der Waals surface area contributed by atoms with E-state index in [-0.39, 0.29) is 5.56 Å². The van der Waals surface area contributed by atoms with Crippen LogP contribution in [0.15, 0.2) is 24.3 Å². The van der Waals surface area contributed by atoms with Crippen LogP contribution in [0.3, 0.4) is 0 Å².